The number of anilines is 1. The molecule has 2 N–H and O–H groups in total. The molecule has 19 heavy (non-hydrogen) atoms. The van der Waals surface area contributed by atoms with E-state index in [-0.39, 0.29) is 18.1 Å². The van der Waals surface area contributed by atoms with Crippen LogP contribution in [-0.2, 0) is 0 Å². The smallest absolute Gasteiger partial charge is 0.295 e. The fourth-order valence-electron chi connectivity index (χ4n) is 2.04. The minimum atomic E-state index is -0.442. The van der Waals surface area contributed by atoms with Gasteiger partial charge in [-0.1, -0.05) is 0 Å². The monoisotopic (exact) mass is 284 g/mol. The number of halogens is 1. The molecule has 1 atom stereocenters. The molecule has 0 spiro atoms. The lowest BCUT2D eigenvalue weighted by atomic mass is 10.3. The van der Waals surface area contributed by atoms with Crippen molar-refractivity contribution in [2.75, 3.05) is 18.4 Å². The fraction of sp³-hybridized carbons (Fsp3) is 0.364. The van der Waals surface area contributed by atoms with Crippen LogP contribution < -0.4 is 10.6 Å². The summed E-state index contributed by atoms with van der Waals surface area (Å²) >= 11 is 0. The van der Waals surface area contributed by atoms with Crippen molar-refractivity contribution in [3.8, 4) is 0 Å². The van der Waals surface area contributed by atoms with Crippen LogP contribution in [0, 0.1) is 10.1 Å². The second-order valence-electron chi connectivity index (χ2n) is 4.26. The molecule has 2 heterocycles. The molecule has 0 bridgehead atoms. The number of aromatic nitrogens is 1. The van der Waals surface area contributed by atoms with E-state index >= 15 is 0 Å². The van der Waals surface area contributed by atoms with Gasteiger partial charge in [0.25, 0.3) is 11.7 Å². The Kier molecular flexibility index (Phi) is 3.87. The number of hydrogen-bond donors (Lipinski definition) is 2. The number of rotatable bonds is 3. The van der Waals surface area contributed by atoms with Crippen LogP contribution in [-0.4, -0.2) is 29.0 Å². The Morgan fingerprint density at radius 3 is 3.05 bits per heavy atom. The molecule has 3 rings (SSSR count). The number of nitro benzene ring substituents is 1. The lowest BCUT2D eigenvalue weighted by Crippen LogP contribution is -2.22. The molecule has 0 amide bonds. The van der Waals surface area contributed by atoms with Crippen molar-refractivity contribution in [1.82, 2.24) is 10.3 Å². The highest BCUT2D eigenvalue weighted by Gasteiger charge is 2.17. The Labute approximate surface area is 114 Å². The highest BCUT2D eigenvalue weighted by Crippen LogP contribution is 2.24. The van der Waals surface area contributed by atoms with E-state index in [1.165, 1.54) is 12.1 Å². The van der Waals surface area contributed by atoms with Gasteiger partial charge in [0.15, 0.2) is 5.58 Å². The molecule has 1 saturated heterocycles. The summed E-state index contributed by atoms with van der Waals surface area (Å²) in [7, 11) is 0. The maximum absolute atomic E-state index is 10.7. The second-order valence-corrected chi connectivity index (χ2v) is 4.26. The standard InChI is InChI=1S/C11H12N4O3.ClH/c16-15(17)8-1-2-10-9(5-8)14-11(18-10)13-7-3-4-12-6-7;/h1-2,5,7,12H,3-4,6H2,(H,13,14);1H. The third kappa shape index (κ3) is 2.77. The van der Waals surface area contributed by atoms with Gasteiger partial charge in [0, 0.05) is 24.7 Å². The van der Waals surface area contributed by atoms with Crippen molar-refractivity contribution in [2.24, 2.45) is 0 Å². The van der Waals surface area contributed by atoms with E-state index in [0.717, 1.165) is 19.5 Å². The van der Waals surface area contributed by atoms with Gasteiger partial charge >= 0.3 is 0 Å². The van der Waals surface area contributed by atoms with Gasteiger partial charge in [-0.2, -0.15) is 4.98 Å². The van der Waals surface area contributed by atoms with Crippen LogP contribution in [0.1, 0.15) is 6.42 Å². The van der Waals surface area contributed by atoms with Gasteiger partial charge in [-0.3, -0.25) is 10.1 Å². The third-order valence-electron chi connectivity index (χ3n) is 2.97. The average molecular weight is 285 g/mol. The lowest BCUT2D eigenvalue weighted by molar-refractivity contribution is -0.384. The van der Waals surface area contributed by atoms with E-state index in [1.54, 1.807) is 6.07 Å². The zero-order valence-electron chi connectivity index (χ0n) is 9.96. The number of nitrogens with one attached hydrogen (secondary N) is 2. The predicted octanol–water partition coefficient (Wildman–Crippen LogP) is 1.93. The minimum Gasteiger partial charge on any atom is -0.424 e. The molecule has 7 nitrogen and oxygen atoms in total. The highest BCUT2D eigenvalue weighted by molar-refractivity contribution is 5.85. The molecule has 1 fully saturated rings. The Hall–Kier alpha value is -1.86. The molecule has 1 aromatic heterocycles. The van der Waals surface area contributed by atoms with Crippen LogP contribution in [0.5, 0.6) is 0 Å². The van der Waals surface area contributed by atoms with Crippen LogP contribution >= 0.6 is 12.4 Å². The number of nitro groups is 1. The van der Waals surface area contributed by atoms with Gasteiger partial charge in [-0.05, 0) is 19.0 Å². The zero-order chi connectivity index (χ0) is 12.5. The second kappa shape index (κ2) is 5.41. The predicted molar refractivity (Wildman–Crippen MR) is 72.8 cm³/mol. The molecule has 0 saturated carbocycles. The highest BCUT2D eigenvalue weighted by atomic mass is 35.5. The third-order valence-corrected chi connectivity index (χ3v) is 2.97. The summed E-state index contributed by atoms with van der Waals surface area (Å²) in [5, 5.41) is 17.1. The SMILES string of the molecule is Cl.O=[N+]([O-])c1ccc2oc(NC3CCNC3)nc2c1. The van der Waals surface area contributed by atoms with Crippen molar-refractivity contribution < 1.29 is 9.34 Å². The Morgan fingerprint density at radius 1 is 1.53 bits per heavy atom. The van der Waals surface area contributed by atoms with Gasteiger partial charge in [0.2, 0.25) is 0 Å². The number of non-ortho nitro benzene ring substituents is 1. The number of hydrogen-bond acceptors (Lipinski definition) is 6. The lowest BCUT2D eigenvalue weighted by Gasteiger charge is -2.07. The molecule has 2 aromatic rings. The number of fused-ring (bicyclic) bond motifs is 1. The first-order valence-electron chi connectivity index (χ1n) is 5.74. The summed E-state index contributed by atoms with van der Waals surface area (Å²) in [5.74, 6) is 0. The van der Waals surface area contributed by atoms with Crippen molar-refractivity contribution >= 4 is 35.2 Å². The molecule has 102 valence electrons. The Bertz CT molecular complexity index is 595. The summed E-state index contributed by atoms with van der Waals surface area (Å²) in [5.41, 5.74) is 1.07. The number of oxazole rings is 1. The van der Waals surface area contributed by atoms with Crippen LogP contribution in [0.15, 0.2) is 22.6 Å². The summed E-state index contributed by atoms with van der Waals surface area (Å²) in [4.78, 5) is 14.4. The normalized spacial score (nSPS) is 18.2. The van der Waals surface area contributed by atoms with Crippen LogP contribution in [0.25, 0.3) is 11.1 Å². The Balaban J connectivity index is 0.00000133. The minimum absolute atomic E-state index is 0. The van der Waals surface area contributed by atoms with Gasteiger partial charge in [0.05, 0.1) is 4.92 Å². The molecular formula is C11H13ClN4O3. The van der Waals surface area contributed by atoms with Gasteiger partial charge in [-0.15, -0.1) is 12.4 Å². The van der Waals surface area contributed by atoms with Crippen molar-refractivity contribution in [1.29, 1.82) is 0 Å². The molecule has 0 radical (unpaired) electrons. The van der Waals surface area contributed by atoms with Gasteiger partial charge < -0.3 is 15.1 Å². The van der Waals surface area contributed by atoms with Crippen molar-refractivity contribution in [2.45, 2.75) is 12.5 Å². The maximum atomic E-state index is 10.7. The molecule has 1 aromatic carbocycles. The van der Waals surface area contributed by atoms with E-state index in [2.05, 4.69) is 15.6 Å². The number of nitrogens with zero attached hydrogens (tertiary/aromatic N) is 2. The number of benzene rings is 1. The van der Waals surface area contributed by atoms with Crippen LogP contribution in [0.4, 0.5) is 11.7 Å². The van der Waals surface area contributed by atoms with Gasteiger partial charge in [0.1, 0.15) is 5.52 Å². The summed E-state index contributed by atoms with van der Waals surface area (Å²) in [6, 6.07) is 5.11. The molecule has 8 heteroatoms. The first kappa shape index (κ1) is 13.6. The quantitative estimate of drug-likeness (QED) is 0.661. The molecule has 1 aliphatic rings. The summed E-state index contributed by atoms with van der Waals surface area (Å²) in [6.07, 6.45) is 1.01. The average Bonchev–Trinajstić information content (AvgIpc) is 2.96. The van der Waals surface area contributed by atoms with E-state index in [1.807, 2.05) is 0 Å². The van der Waals surface area contributed by atoms with Crippen LogP contribution in [0.3, 0.4) is 0 Å². The summed E-state index contributed by atoms with van der Waals surface area (Å²) in [6.45, 7) is 1.85. The zero-order valence-corrected chi connectivity index (χ0v) is 10.8. The maximum Gasteiger partial charge on any atom is 0.295 e. The summed E-state index contributed by atoms with van der Waals surface area (Å²) < 4.78 is 5.49. The topological polar surface area (TPSA) is 93.2 Å². The van der Waals surface area contributed by atoms with Gasteiger partial charge in [-0.25, -0.2) is 0 Å². The fourth-order valence-corrected chi connectivity index (χ4v) is 2.04. The first-order valence-corrected chi connectivity index (χ1v) is 5.74. The first-order chi connectivity index (χ1) is 8.72. The van der Waals surface area contributed by atoms with E-state index in [9.17, 15) is 10.1 Å². The van der Waals surface area contributed by atoms with E-state index in [4.69, 9.17) is 4.42 Å². The molecule has 1 aliphatic heterocycles. The van der Waals surface area contributed by atoms with Crippen LogP contribution in [0.2, 0.25) is 0 Å². The largest absolute Gasteiger partial charge is 0.424 e. The Morgan fingerprint density at radius 2 is 2.37 bits per heavy atom. The molecular weight excluding hydrogens is 272 g/mol. The van der Waals surface area contributed by atoms with E-state index in [0.29, 0.717) is 23.2 Å². The van der Waals surface area contributed by atoms with E-state index < -0.39 is 4.92 Å². The molecule has 0 aliphatic carbocycles. The van der Waals surface area contributed by atoms with Crippen molar-refractivity contribution in [3.05, 3.63) is 28.3 Å². The van der Waals surface area contributed by atoms with Crippen molar-refractivity contribution in [3.63, 3.8) is 0 Å². The molecule has 1 unspecified atom stereocenters.